The van der Waals surface area contributed by atoms with Gasteiger partial charge in [-0.15, -0.1) is 23.2 Å². The summed E-state index contributed by atoms with van der Waals surface area (Å²) in [6.45, 7) is 0.743. The number of carbonyl (C=O) groups excluding carboxylic acids is 1. The van der Waals surface area contributed by atoms with E-state index in [-0.39, 0.29) is 18.6 Å². The molecule has 1 heterocycles. The lowest BCUT2D eigenvalue weighted by Crippen LogP contribution is -2.29. The van der Waals surface area contributed by atoms with Gasteiger partial charge >= 0.3 is 0 Å². The van der Waals surface area contributed by atoms with Crippen molar-refractivity contribution in [1.29, 1.82) is 0 Å². The number of ether oxygens (including phenoxy) is 2. The summed E-state index contributed by atoms with van der Waals surface area (Å²) < 4.78 is 9.68. The molecule has 4 nitrogen and oxygen atoms in total. The maximum atomic E-state index is 12.1. The second-order valence-electron chi connectivity index (χ2n) is 4.90. The minimum atomic E-state index is -0.875. The lowest BCUT2D eigenvalue weighted by atomic mass is 10.2. The SMILES string of the molecule is CN(Cc1ccc2c(c1)OCO2)C(=O)[C@@H]1CC1(Cl)Cl. The van der Waals surface area contributed by atoms with Crippen molar-refractivity contribution >= 4 is 29.1 Å². The Morgan fingerprint density at radius 3 is 2.79 bits per heavy atom. The van der Waals surface area contributed by atoms with Gasteiger partial charge in [-0.1, -0.05) is 6.07 Å². The van der Waals surface area contributed by atoms with Crippen molar-refractivity contribution in [3.05, 3.63) is 23.8 Å². The van der Waals surface area contributed by atoms with Crippen molar-refractivity contribution in [3.63, 3.8) is 0 Å². The summed E-state index contributed by atoms with van der Waals surface area (Å²) in [5.41, 5.74) is 0.982. The minimum Gasteiger partial charge on any atom is -0.454 e. The number of rotatable bonds is 3. The molecule has 102 valence electrons. The molecule has 19 heavy (non-hydrogen) atoms. The molecule has 0 saturated heterocycles. The molecule has 1 aromatic rings. The molecule has 1 aliphatic heterocycles. The van der Waals surface area contributed by atoms with Crippen molar-refractivity contribution in [2.24, 2.45) is 5.92 Å². The van der Waals surface area contributed by atoms with Crippen LogP contribution in [0.5, 0.6) is 11.5 Å². The summed E-state index contributed by atoms with van der Waals surface area (Å²) >= 11 is 11.8. The van der Waals surface area contributed by atoms with Crippen molar-refractivity contribution in [3.8, 4) is 11.5 Å². The highest BCUT2D eigenvalue weighted by molar-refractivity contribution is 6.52. The molecule has 3 rings (SSSR count). The molecule has 1 saturated carbocycles. The van der Waals surface area contributed by atoms with E-state index in [2.05, 4.69) is 0 Å². The summed E-state index contributed by atoms with van der Waals surface area (Å²) in [6, 6.07) is 5.65. The van der Waals surface area contributed by atoms with E-state index in [9.17, 15) is 4.79 Å². The van der Waals surface area contributed by atoms with E-state index in [1.165, 1.54) is 0 Å². The van der Waals surface area contributed by atoms with Gasteiger partial charge in [-0.2, -0.15) is 0 Å². The first-order chi connectivity index (χ1) is 8.97. The molecule has 0 N–H and O–H groups in total. The van der Waals surface area contributed by atoms with Crippen LogP contribution in [0.15, 0.2) is 18.2 Å². The zero-order chi connectivity index (χ0) is 13.6. The highest BCUT2D eigenvalue weighted by Gasteiger charge is 2.57. The molecule has 1 fully saturated rings. The van der Waals surface area contributed by atoms with Gasteiger partial charge in [0.2, 0.25) is 12.7 Å². The molecule has 1 atom stereocenters. The number of nitrogens with zero attached hydrogens (tertiary/aromatic N) is 1. The van der Waals surface area contributed by atoms with Crippen LogP contribution in [0.2, 0.25) is 0 Å². The molecule has 0 aromatic heterocycles. The van der Waals surface area contributed by atoms with Gasteiger partial charge in [-0.25, -0.2) is 0 Å². The fourth-order valence-corrected chi connectivity index (χ4v) is 2.63. The van der Waals surface area contributed by atoms with Crippen molar-refractivity contribution in [2.75, 3.05) is 13.8 Å². The zero-order valence-corrected chi connectivity index (χ0v) is 11.9. The van der Waals surface area contributed by atoms with E-state index in [1.54, 1.807) is 11.9 Å². The van der Waals surface area contributed by atoms with E-state index < -0.39 is 4.33 Å². The molecule has 0 bridgehead atoms. The summed E-state index contributed by atoms with van der Waals surface area (Å²) in [5, 5.41) is 0. The number of benzene rings is 1. The van der Waals surface area contributed by atoms with Gasteiger partial charge in [0.05, 0.1) is 5.92 Å². The number of halogens is 2. The van der Waals surface area contributed by atoms with Gasteiger partial charge in [-0.05, 0) is 24.1 Å². The molecular formula is C13H13Cl2NO3. The zero-order valence-electron chi connectivity index (χ0n) is 10.4. The van der Waals surface area contributed by atoms with Gasteiger partial charge in [-0.3, -0.25) is 4.79 Å². The van der Waals surface area contributed by atoms with E-state index in [1.807, 2.05) is 18.2 Å². The van der Waals surface area contributed by atoms with Crippen molar-refractivity contribution in [1.82, 2.24) is 4.90 Å². The van der Waals surface area contributed by atoms with Gasteiger partial charge in [0.25, 0.3) is 0 Å². The Morgan fingerprint density at radius 1 is 1.42 bits per heavy atom. The van der Waals surface area contributed by atoms with Crippen LogP contribution in [-0.2, 0) is 11.3 Å². The van der Waals surface area contributed by atoms with E-state index >= 15 is 0 Å². The lowest BCUT2D eigenvalue weighted by Gasteiger charge is -2.17. The maximum absolute atomic E-state index is 12.1. The summed E-state index contributed by atoms with van der Waals surface area (Å²) in [7, 11) is 1.75. The Labute approximate surface area is 121 Å². The molecule has 1 aromatic carbocycles. The summed E-state index contributed by atoms with van der Waals surface area (Å²) in [6.07, 6.45) is 0.528. The van der Waals surface area contributed by atoms with Gasteiger partial charge in [0.1, 0.15) is 4.33 Å². The Kier molecular flexibility index (Phi) is 3.02. The molecule has 2 aliphatic rings. The van der Waals surface area contributed by atoms with Gasteiger partial charge < -0.3 is 14.4 Å². The molecule has 1 aliphatic carbocycles. The Balaban J connectivity index is 1.66. The van der Waals surface area contributed by atoms with E-state index in [0.717, 1.165) is 11.3 Å². The monoisotopic (exact) mass is 301 g/mol. The Bertz CT molecular complexity index is 533. The normalized spacial score (nSPS) is 22.2. The predicted octanol–water partition coefficient (Wildman–Crippen LogP) is 2.57. The first-order valence-corrected chi connectivity index (χ1v) is 6.74. The standard InChI is InChI=1S/C13H13Cl2NO3/c1-16(12(17)9-5-13(9,14)15)6-8-2-3-10-11(4-8)19-7-18-10/h2-4,9H,5-7H2,1H3/t9-/m0/s1. The van der Waals surface area contributed by atoms with Crippen LogP contribution in [0, 0.1) is 5.92 Å². The van der Waals surface area contributed by atoms with E-state index in [4.69, 9.17) is 32.7 Å². The number of alkyl halides is 2. The average Bonchev–Trinajstić information content (AvgIpc) is 2.80. The van der Waals surface area contributed by atoms with Crippen LogP contribution >= 0.6 is 23.2 Å². The fourth-order valence-electron chi connectivity index (χ4n) is 2.14. The van der Waals surface area contributed by atoms with Gasteiger partial charge in [0.15, 0.2) is 11.5 Å². The van der Waals surface area contributed by atoms with Crippen LogP contribution < -0.4 is 9.47 Å². The molecule has 6 heteroatoms. The molecule has 1 amide bonds. The number of hydrogen-bond donors (Lipinski definition) is 0. The van der Waals surface area contributed by atoms with Gasteiger partial charge in [0, 0.05) is 13.6 Å². The Morgan fingerprint density at radius 2 is 2.11 bits per heavy atom. The summed E-state index contributed by atoms with van der Waals surface area (Å²) in [5.74, 6) is 1.15. The minimum absolute atomic E-state index is 0.0253. The van der Waals surface area contributed by atoms with Crippen LogP contribution in [0.1, 0.15) is 12.0 Å². The topological polar surface area (TPSA) is 38.8 Å². The van der Waals surface area contributed by atoms with Crippen LogP contribution in [0.3, 0.4) is 0 Å². The first-order valence-electron chi connectivity index (χ1n) is 5.99. The number of fused-ring (bicyclic) bond motifs is 1. The number of hydrogen-bond acceptors (Lipinski definition) is 3. The lowest BCUT2D eigenvalue weighted by molar-refractivity contribution is -0.131. The fraction of sp³-hybridized carbons (Fsp3) is 0.462. The molecule has 0 radical (unpaired) electrons. The van der Waals surface area contributed by atoms with Crippen LogP contribution in [0.25, 0.3) is 0 Å². The third-order valence-corrected chi connectivity index (χ3v) is 4.19. The van der Waals surface area contributed by atoms with Crippen LogP contribution in [0.4, 0.5) is 0 Å². The predicted molar refractivity (Wildman–Crippen MR) is 71.6 cm³/mol. The van der Waals surface area contributed by atoms with E-state index in [0.29, 0.717) is 18.7 Å². The van der Waals surface area contributed by atoms with Crippen molar-refractivity contribution in [2.45, 2.75) is 17.3 Å². The smallest absolute Gasteiger partial charge is 0.231 e. The average molecular weight is 302 g/mol. The largest absolute Gasteiger partial charge is 0.454 e. The number of carbonyl (C=O) groups is 1. The molecular weight excluding hydrogens is 289 g/mol. The molecule has 0 unspecified atom stereocenters. The Hall–Kier alpha value is -1.13. The van der Waals surface area contributed by atoms with Crippen LogP contribution in [-0.4, -0.2) is 29.0 Å². The second-order valence-corrected chi connectivity index (χ2v) is 6.44. The highest BCUT2D eigenvalue weighted by Crippen LogP contribution is 2.53. The first kappa shape index (κ1) is 12.9. The maximum Gasteiger partial charge on any atom is 0.231 e. The third-order valence-electron chi connectivity index (χ3n) is 3.36. The second kappa shape index (κ2) is 4.46. The summed E-state index contributed by atoms with van der Waals surface area (Å²) in [4.78, 5) is 13.7. The van der Waals surface area contributed by atoms with Crippen molar-refractivity contribution < 1.29 is 14.3 Å². The highest BCUT2D eigenvalue weighted by atomic mass is 35.5. The number of amides is 1. The molecule has 0 spiro atoms. The quantitative estimate of drug-likeness (QED) is 0.806. The third kappa shape index (κ3) is 2.47.